The first-order valence-corrected chi connectivity index (χ1v) is 9.65. The molecule has 0 radical (unpaired) electrons. The smallest absolute Gasteiger partial charge is 0.261 e. The molecule has 1 aliphatic carbocycles. The Labute approximate surface area is 161 Å². The maximum atomic E-state index is 12.6. The first-order valence-electron chi connectivity index (χ1n) is 8.84. The fourth-order valence-corrected chi connectivity index (χ4v) is 3.46. The number of aromatic nitrogens is 2. The third-order valence-electron chi connectivity index (χ3n) is 4.07. The number of para-hydroxylation sites is 2. The Morgan fingerprint density at radius 3 is 2.56 bits per heavy atom. The van der Waals surface area contributed by atoms with E-state index in [0.29, 0.717) is 35.6 Å². The normalized spacial score (nSPS) is 13.2. The summed E-state index contributed by atoms with van der Waals surface area (Å²) < 4.78 is 11.4. The highest BCUT2D eigenvalue weighted by Crippen LogP contribution is 2.42. The minimum Gasteiger partial charge on any atom is -0.490 e. The van der Waals surface area contributed by atoms with Gasteiger partial charge in [0.25, 0.3) is 5.91 Å². The molecule has 0 spiro atoms. The number of carbonyl (C=O) groups excluding carboxylic acids is 1. The SMILES string of the molecule is O=C(Nc1nnc(C2CC2)s1)c1ccccc1OCCOc1ccccc1. The minimum atomic E-state index is -0.256. The molecule has 0 unspecified atom stereocenters. The van der Waals surface area contributed by atoms with Gasteiger partial charge in [-0.05, 0) is 37.1 Å². The summed E-state index contributed by atoms with van der Waals surface area (Å²) in [6.45, 7) is 0.727. The fraction of sp³-hybridized carbons (Fsp3) is 0.250. The molecule has 138 valence electrons. The predicted molar refractivity (Wildman–Crippen MR) is 104 cm³/mol. The van der Waals surface area contributed by atoms with Gasteiger partial charge in [0.05, 0.1) is 5.56 Å². The van der Waals surface area contributed by atoms with Gasteiger partial charge in [0, 0.05) is 5.92 Å². The average Bonchev–Trinajstić information content (AvgIpc) is 3.46. The van der Waals surface area contributed by atoms with E-state index < -0.39 is 0 Å². The van der Waals surface area contributed by atoms with Crippen molar-refractivity contribution >= 4 is 22.4 Å². The zero-order valence-corrected chi connectivity index (χ0v) is 15.4. The molecule has 1 aromatic heterocycles. The number of nitrogens with zero attached hydrogens (tertiary/aromatic N) is 2. The molecule has 1 N–H and O–H groups in total. The number of anilines is 1. The molecule has 1 heterocycles. The van der Waals surface area contributed by atoms with Crippen LogP contribution in [0.5, 0.6) is 11.5 Å². The lowest BCUT2D eigenvalue weighted by Gasteiger charge is -2.11. The minimum absolute atomic E-state index is 0.256. The molecule has 0 atom stereocenters. The molecule has 4 rings (SSSR count). The molecule has 2 aromatic carbocycles. The average molecular weight is 381 g/mol. The summed E-state index contributed by atoms with van der Waals surface area (Å²) in [6.07, 6.45) is 2.31. The van der Waals surface area contributed by atoms with Crippen LogP contribution in [-0.4, -0.2) is 29.3 Å². The Bertz CT molecular complexity index is 910. The van der Waals surface area contributed by atoms with E-state index in [4.69, 9.17) is 9.47 Å². The van der Waals surface area contributed by atoms with Gasteiger partial charge in [-0.15, -0.1) is 10.2 Å². The number of benzene rings is 2. The van der Waals surface area contributed by atoms with Crippen molar-refractivity contribution in [2.24, 2.45) is 0 Å². The van der Waals surface area contributed by atoms with Crippen LogP contribution in [-0.2, 0) is 0 Å². The quantitative estimate of drug-likeness (QED) is 0.594. The van der Waals surface area contributed by atoms with Crippen LogP contribution >= 0.6 is 11.3 Å². The van der Waals surface area contributed by atoms with Crippen molar-refractivity contribution < 1.29 is 14.3 Å². The maximum Gasteiger partial charge on any atom is 0.261 e. The molecule has 27 heavy (non-hydrogen) atoms. The number of carbonyl (C=O) groups is 1. The Hall–Kier alpha value is -2.93. The van der Waals surface area contributed by atoms with Crippen LogP contribution in [0.25, 0.3) is 0 Å². The number of nitrogens with one attached hydrogen (secondary N) is 1. The summed E-state index contributed by atoms with van der Waals surface area (Å²) >= 11 is 1.44. The van der Waals surface area contributed by atoms with Gasteiger partial charge in [-0.1, -0.05) is 41.7 Å². The van der Waals surface area contributed by atoms with Crippen molar-refractivity contribution in [1.82, 2.24) is 10.2 Å². The predicted octanol–water partition coefficient (Wildman–Crippen LogP) is 4.13. The van der Waals surface area contributed by atoms with Crippen LogP contribution in [0.1, 0.15) is 34.1 Å². The van der Waals surface area contributed by atoms with Crippen molar-refractivity contribution in [3.05, 3.63) is 65.2 Å². The van der Waals surface area contributed by atoms with Gasteiger partial charge >= 0.3 is 0 Å². The van der Waals surface area contributed by atoms with E-state index in [9.17, 15) is 4.79 Å². The summed E-state index contributed by atoms with van der Waals surface area (Å²) in [5, 5.41) is 12.5. The molecule has 7 heteroatoms. The van der Waals surface area contributed by atoms with Gasteiger partial charge in [-0.3, -0.25) is 10.1 Å². The highest BCUT2D eigenvalue weighted by molar-refractivity contribution is 7.15. The van der Waals surface area contributed by atoms with Gasteiger partial charge in [-0.2, -0.15) is 0 Å². The van der Waals surface area contributed by atoms with E-state index in [1.165, 1.54) is 11.3 Å². The molecule has 1 aliphatic rings. The summed E-state index contributed by atoms with van der Waals surface area (Å²) in [7, 11) is 0. The van der Waals surface area contributed by atoms with E-state index in [-0.39, 0.29) is 5.91 Å². The van der Waals surface area contributed by atoms with Crippen molar-refractivity contribution in [3.63, 3.8) is 0 Å². The summed E-state index contributed by atoms with van der Waals surface area (Å²) in [5.74, 6) is 1.56. The Morgan fingerprint density at radius 1 is 1.00 bits per heavy atom. The molecular formula is C20H19N3O3S. The lowest BCUT2D eigenvalue weighted by molar-refractivity contribution is 0.102. The maximum absolute atomic E-state index is 12.6. The van der Waals surface area contributed by atoms with Crippen LogP contribution in [0, 0.1) is 0 Å². The molecule has 3 aromatic rings. The van der Waals surface area contributed by atoms with Crippen molar-refractivity contribution in [2.45, 2.75) is 18.8 Å². The second kappa shape index (κ2) is 8.18. The lowest BCUT2D eigenvalue weighted by Crippen LogP contribution is -2.15. The standard InChI is InChI=1S/C20H19N3O3S/c24-18(21-20-23-22-19(27-20)14-10-11-14)16-8-4-5-9-17(16)26-13-12-25-15-6-2-1-3-7-15/h1-9,14H,10-13H2,(H,21,23,24). The zero-order valence-electron chi connectivity index (χ0n) is 14.6. The van der Waals surface area contributed by atoms with Gasteiger partial charge < -0.3 is 9.47 Å². The number of ether oxygens (including phenoxy) is 2. The zero-order chi connectivity index (χ0) is 18.5. The fourth-order valence-electron chi connectivity index (χ4n) is 2.55. The van der Waals surface area contributed by atoms with E-state index in [2.05, 4.69) is 15.5 Å². The number of hydrogen-bond donors (Lipinski definition) is 1. The molecular weight excluding hydrogens is 362 g/mol. The lowest BCUT2D eigenvalue weighted by atomic mass is 10.2. The highest BCUT2D eigenvalue weighted by atomic mass is 32.1. The van der Waals surface area contributed by atoms with Gasteiger partial charge in [0.15, 0.2) is 0 Å². The van der Waals surface area contributed by atoms with E-state index in [1.54, 1.807) is 18.2 Å². The second-order valence-corrected chi connectivity index (χ2v) is 7.19. The number of amides is 1. The number of hydrogen-bond acceptors (Lipinski definition) is 6. The van der Waals surface area contributed by atoms with E-state index >= 15 is 0 Å². The van der Waals surface area contributed by atoms with Gasteiger partial charge in [0.2, 0.25) is 5.13 Å². The van der Waals surface area contributed by atoms with Crippen LogP contribution in [0.4, 0.5) is 5.13 Å². The third-order valence-corrected chi connectivity index (χ3v) is 5.07. The Morgan fingerprint density at radius 2 is 1.74 bits per heavy atom. The van der Waals surface area contributed by atoms with Crippen LogP contribution in [0.3, 0.4) is 0 Å². The summed E-state index contributed by atoms with van der Waals surface area (Å²) in [5.41, 5.74) is 0.459. The molecule has 6 nitrogen and oxygen atoms in total. The van der Waals surface area contributed by atoms with Crippen molar-refractivity contribution in [1.29, 1.82) is 0 Å². The largest absolute Gasteiger partial charge is 0.490 e. The summed E-state index contributed by atoms with van der Waals surface area (Å²) in [6, 6.07) is 16.7. The third kappa shape index (κ3) is 4.62. The number of rotatable bonds is 8. The molecule has 0 aliphatic heterocycles. The topological polar surface area (TPSA) is 73.3 Å². The van der Waals surface area contributed by atoms with Crippen molar-refractivity contribution in [3.8, 4) is 11.5 Å². The molecule has 0 bridgehead atoms. The van der Waals surface area contributed by atoms with Crippen LogP contribution < -0.4 is 14.8 Å². The van der Waals surface area contributed by atoms with Crippen LogP contribution in [0.2, 0.25) is 0 Å². The highest BCUT2D eigenvalue weighted by Gasteiger charge is 2.28. The van der Waals surface area contributed by atoms with Gasteiger partial charge in [0.1, 0.15) is 29.7 Å². The monoisotopic (exact) mass is 381 g/mol. The summed E-state index contributed by atoms with van der Waals surface area (Å²) in [4.78, 5) is 12.6. The first kappa shape index (κ1) is 17.5. The Kier molecular flexibility index (Phi) is 5.29. The molecule has 1 fully saturated rings. The Balaban J connectivity index is 1.34. The van der Waals surface area contributed by atoms with Crippen molar-refractivity contribution in [2.75, 3.05) is 18.5 Å². The van der Waals surface area contributed by atoms with Crippen LogP contribution in [0.15, 0.2) is 54.6 Å². The molecule has 0 saturated heterocycles. The molecule has 1 saturated carbocycles. The van der Waals surface area contributed by atoms with E-state index in [0.717, 1.165) is 23.6 Å². The molecule has 1 amide bonds. The second-order valence-electron chi connectivity index (χ2n) is 6.18. The van der Waals surface area contributed by atoms with Gasteiger partial charge in [-0.25, -0.2) is 0 Å². The van der Waals surface area contributed by atoms with E-state index in [1.807, 2.05) is 36.4 Å². The first-order chi connectivity index (χ1) is 13.3.